The summed E-state index contributed by atoms with van der Waals surface area (Å²) in [6.45, 7) is 0. The fourth-order valence-corrected chi connectivity index (χ4v) is 1.40. The van der Waals surface area contributed by atoms with Gasteiger partial charge in [-0.1, -0.05) is 0 Å². The smallest absolute Gasteiger partial charge is 0.142 e. The molecule has 17 heavy (non-hydrogen) atoms. The molecule has 0 saturated carbocycles. The number of aromatic hydroxyl groups is 4. The van der Waals surface area contributed by atoms with Gasteiger partial charge in [-0.2, -0.15) is 0 Å². The Hall–Kier alpha value is -2.56. The van der Waals surface area contributed by atoms with E-state index in [-0.39, 0.29) is 23.0 Å². The van der Waals surface area contributed by atoms with E-state index in [1.807, 2.05) is 0 Å². The molecule has 0 aliphatic heterocycles. The summed E-state index contributed by atoms with van der Waals surface area (Å²) in [5.74, 6) is -0.388. The van der Waals surface area contributed by atoms with E-state index in [1.54, 1.807) is 0 Å². The molecule has 0 saturated heterocycles. The van der Waals surface area contributed by atoms with Crippen LogP contribution in [-0.4, -0.2) is 20.4 Å². The van der Waals surface area contributed by atoms with Crippen LogP contribution in [0.5, 0.6) is 23.0 Å². The maximum absolute atomic E-state index is 9.54. The number of hydrogen-bond acceptors (Lipinski definition) is 5. The van der Waals surface area contributed by atoms with Crippen molar-refractivity contribution >= 4 is 11.4 Å². The Morgan fingerprint density at radius 1 is 0.647 bits per heavy atom. The zero-order valence-corrected chi connectivity index (χ0v) is 8.75. The highest BCUT2D eigenvalue weighted by Crippen LogP contribution is 2.34. The highest BCUT2D eigenvalue weighted by atomic mass is 16.3. The summed E-state index contributed by atoms with van der Waals surface area (Å²) in [5, 5.41) is 40.1. The van der Waals surface area contributed by atoms with Gasteiger partial charge in [0.15, 0.2) is 0 Å². The van der Waals surface area contributed by atoms with Gasteiger partial charge in [-0.05, 0) is 24.3 Å². The first-order valence-electron chi connectivity index (χ1n) is 4.87. The maximum Gasteiger partial charge on any atom is 0.142 e. The van der Waals surface area contributed by atoms with Crippen LogP contribution in [0, 0.1) is 0 Å². The molecule has 0 spiro atoms. The molecule has 0 aliphatic carbocycles. The van der Waals surface area contributed by atoms with Crippen molar-refractivity contribution in [3.05, 3.63) is 36.4 Å². The van der Waals surface area contributed by atoms with Crippen LogP contribution in [0.3, 0.4) is 0 Å². The van der Waals surface area contributed by atoms with Crippen LogP contribution in [0.15, 0.2) is 36.4 Å². The molecule has 5 heteroatoms. The Balaban J connectivity index is 2.31. The van der Waals surface area contributed by atoms with E-state index in [9.17, 15) is 10.2 Å². The van der Waals surface area contributed by atoms with E-state index < -0.39 is 0 Å². The first kappa shape index (κ1) is 10.9. The van der Waals surface area contributed by atoms with Gasteiger partial charge in [-0.3, -0.25) is 0 Å². The average Bonchev–Trinajstić information content (AvgIpc) is 2.25. The van der Waals surface area contributed by atoms with Crippen molar-refractivity contribution in [1.29, 1.82) is 0 Å². The number of hydrogen-bond donors (Lipinski definition) is 5. The molecule has 0 radical (unpaired) electrons. The molecule has 2 aromatic rings. The van der Waals surface area contributed by atoms with Crippen LogP contribution in [0.2, 0.25) is 0 Å². The lowest BCUT2D eigenvalue weighted by Crippen LogP contribution is -1.90. The zero-order valence-electron chi connectivity index (χ0n) is 8.75. The average molecular weight is 233 g/mol. The predicted molar refractivity (Wildman–Crippen MR) is 62.8 cm³/mol. The highest BCUT2D eigenvalue weighted by Gasteiger charge is 2.06. The predicted octanol–water partition coefficient (Wildman–Crippen LogP) is 2.25. The summed E-state index contributed by atoms with van der Waals surface area (Å²) in [5.41, 5.74) is 0.674. The molecular weight excluding hydrogens is 222 g/mol. The zero-order chi connectivity index (χ0) is 12.4. The van der Waals surface area contributed by atoms with Gasteiger partial charge in [0.25, 0.3) is 0 Å². The Bertz CT molecular complexity index is 505. The van der Waals surface area contributed by atoms with Gasteiger partial charge >= 0.3 is 0 Å². The normalized spacial score (nSPS) is 10.1. The standard InChI is InChI=1S/C12H11NO4/c14-7-1-3-9(11(16)5-7)13-10-4-2-8(15)6-12(10)17/h1-6,13-17H. The van der Waals surface area contributed by atoms with E-state index in [1.165, 1.54) is 36.4 Å². The number of rotatable bonds is 2. The number of phenolic OH excluding ortho intramolecular Hbond substituents is 4. The molecule has 0 heterocycles. The van der Waals surface area contributed by atoms with Gasteiger partial charge in [-0.15, -0.1) is 0 Å². The minimum Gasteiger partial charge on any atom is -0.508 e. The van der Waals surface area contributed by atoms with Crippen molar-refractivity contribution in [2.45, 2.75) is 0 Å². The molecule has 0 aromatic heterocycles. The van der Waals surface area contributed by atoms with Gasteiger partial charge in [0, 0.05) is 12.1 Å². The van der Waals surface area contributed by atoms with E-state index in [0.717, 1.165) is 0 Å². The van der Waals surface area contributed by atoms with Crippen molar-refractivity contribution in [1.82, 2.24) is 0 Å². The third-order valence-corrected chi connectivity index (χ3v) is 2.23. The summed E-state index contributed by atoms with van der Waals surface area (Å²) in [7, 11) is 0. The molecular formula is C12H11NO4. The molecule has 0 fully saturated rings. The minimum absolute atomic E-state index is 0.0528. The molecule has 5 nitrogen and oxygen atoms in total. The number of nitrogens with one attached hydrogen (secondary N) is 1. The van der Waals surface area contributed by atoms with Gasteiger partial charge in [0.1, 0.15) is 23.0 Å². The van der Waals surface area contributed by atoms with Crippen molar-refractivity contribution in [3.8, 4) is 23.0 Å². The van der Waals surface area contributed by atoms with Crippen LogP contribution in [-0.2, 0) is 0 Å². The fraction of sp³-hybridized carbons (Fsp3) is 0. The Kier molecular flexibility index (Phi) is 2.66. The van der Waals surface area contributed by atoms with Crippen LogP contribution >= 0.6 is 0 Å². The molecule has 0 aliphatic rings. The lowest BCUT2D eigenvalue weighted by Gasteiger charge is -2.10. The van der Waals surface area contributed by atoms with Gasteiger partial charge < -0.3 is 25.7 Å². The van der Waals surface area contributed by atoms with Crippen molar-refractivity contribution in [2.75, 3.05) is 5.32 Å². The second-order valence-corrected chi connectivity index (χ2v) is 3.53. The SMILES string of the molecule is Oc1ccc(Nc2ccc(O)cc2O)c(O)c1. The monoisotopic (exact) mass is 233 g/mol. The second-order valence-electron chi connectivity index (χ2n) is 3.53. The van der Waals surface area contributed by atoms with Crippen LogP contribution in [0.1, 0.15) is 0 Å². The lowest BCUT2D eigenvalue weighted by atomic mass is 10.2. The Labute approximate surface area is 97.2 Å². The van der Waals surface area contributed by atoms with Gasteiger partial charge in [0.05, 0.1) is 11.4 Å². The van der Waals surface area contributed by atoms with Crippen LogP contribution in [0.4, 0.5) is 11.4 Å². The summed E-state index contributed by atoms with van der Waals surface area (Å²) in [6.07, 6.45) is 0. The van der Waals surface area contributed by atoms with Crippen molar-refractivity contribution < 1.29 is 20.4 Å². The summed E-state index contributed by atoms with van der Waals surface area (Å²) >= 11 is 0. The minimum atomic E-state index is -0.141. The fourth-order valence-electron chi connectivity index (χ4n) is 1.40. The molecule has 2 rings (SSSR count). The molecule has 5 N–H and O–H groups in total. The van der Waals surface area contributed by atoms with Gasteiger partial charge in [-0.25, -0.2) is 0 Å². The first-order chi connectivity index (χ1) is 8.06. The van der Waals surface area contributed by atoms with E-state index in [4.69, 9.17) is 10.2 Å². The summed E-state index contributed by atoms with van der Waals surface area (Å²) in [4.78, 5) is 0. The number of benzene rings is 2. The largest absolute Gasteiger partial charge is 0.508 e. The number of anilines is 2. The molecule has 2 aromatic carbocycles. The molecule has 0 bridgehead atoms. The third-order valence-electron chi connectivity index (χ3n) is 2.23. The van der Waals surface area contributed by atoms with Crippen LogP contribution < -0.4 is 5.32 Å². The molecule has 0 amide bonds. The topological polar surface area (TPSA) is 93.0 Å². The van der Waals surface area contributed by atoms with Crippen molar-refractivity contribution in [2.24, 2.45) is 0 Å². The van der Waals surface area contributed by atoms with E-state index in [2.05, 4.69) is 5.32 Å². The number of phenols is 4. The second kappa shape index (κ2) is 4.13. The molecule has 0 unspecified atom stereocenters. The summed E-state index contributed by atoms with van der Waals surface area (Å²) < 4.78 is 0. The molecule has 0 atom stereocenters. The van der Waals surface area contributed by atoms with Gasteiger partial charge in [0.2, 0.25) is 0 Å². The lowest BCUT2D eigenvalue weighted by molar-refractivity contribution is 0.451. The quantitative estimate of drug-likeness (QED) is 0.405. The van der Waals surface area contributed by atoms with E-state index >= 15 is 0 Å². The molecule has 88 valence electrons. The Morgan fingerprint density at radius 3 is 1.41 bits per heavy atom. The maximum atomic E-state index is 9.54. The van der Waals surface area contributed by atoms with E-state index in [0.29, 0.717) is 11.4 Å². The summed E-state index contributed by atoms with van der Waals surface area (Å²) in [6, 6.07) is 8.10. The highest BCUT2D eigenvalue weighted by molar-refractivity contribution is 5.71. The third kappa shape index (κ3) is 2.34. The van der Waals surface area contributed by atoms with Crippen molar-refractivity contribution in [3.63, 3.8) is 0 Å². The first-order valence-corrected chi connectivity index (χ1v) is 4.87. The van der Waals surface area contributed by atoms with Crippen LogP contribution in [0.25, 0.3) is 0 Å². The Morgan fingerprint density at radius 2 is 1.06 bits per heavy atom.